The molecule has 2 saturated carbocycles. The van der Waals surface area contributed by atoms with E-state index in [0.29, 0.717) is 0 Å². The highest BCUT2D eigenvalue weighted by molar-refractivity contribution is 5.09. The molecule has 2 aliphatic rings. The van der Waals surface area contributed by atoms with Crippen molar-refractivity contribution in [2.24, 2.45) is 17.8 Å². The van der Waals surface area contributed by atoms with Crippen LogP contribution in [0.5, 0.6) is 0 Å². The molecule has 9 atom stereocenters. The largest absolute Gasteiger partial charge is 0.396 e. The number of rotatable bonds is 1. The van der Waals surface area contributed by atoms with E-state index >= 15 is 0 Å². The normalized spacial score (nSPS) is 59.1. The Bertz CT molecular complexity index is 286. The van der Waals surface area contributed by atoms with Crippen LogP contribution in [-0.4, -0.2) is 79.0 Å². The minimum Gasteiger partial charge on any atom is -0.396 e. The SMILES string of the molecule is OC[C@H]1[C@@H](O)[C@@H](O)[C@@H](O)[C@@H]2[C@@H](O)[C@@H](O)[C@H](O)[C@H]12. The van der Waals surface area contributed by atoms with Crippen LogP contribution in [0.1, 0.15) is 0 Å². The first-order valence-corrected chi connectivity index (χ1v) is 5.61. The summed E-state index contributed by atoms with van der Waals surface area (Å²) in [6, 6.07) is 0. The summed E-state index contributed by atoms with van der Waals surface area (Å²) in [5.41, 5.74) is 0. The molecule has 0 aromatic heterocycles. The fraction of sp³-hybridized carbons (Fsp3) is 1.00. The summed E-state index contributed by atoms with van der Waals surface area (Å²) in [6.07, 6.45) is -8.54. The van der Waals surface area contributed by atoms with Crippen molar-refractivity contribution in [2.75, 3.05) is 6.61 Å². The maximum absolute atomic E-state index is 9.76. The Morgan fingerprint density at radius 1 is 0.529 bits per heavy atom. The zero-order valence-electron chi connectivity index (χ0n) is 9.03. The van der Waals surface area contributed by atoms with E-state index in [4.69, 9.17) is 0 Å². The maximum Gasteiger partial charge on any atom is 0.106 e. The van der Waals surface area contributed by atoms with Gasteiger partial charge in [0, 0.05) is 24.4 Å². The fourth-order valence-electron chi connectivity index (χ4n) is 3.22. The van der Waals surface area contributed by atoms with Crippen molar-refractivity contribution >= 4 is 0 Å². The van der Waals surface area contributed by atoms with E-state index in [1.165, 1.54) is 0 Å². The lowest BCUT2D eigenvalue weighted by Gasteiger charge is -2.44. The molecule has 0 aromatic carbocycles. The Morgan fingerprint density at radius 2 is 0.941 bits per heavy atom. The maximum atomic E-state index is 9.76. The lowest BCUT2D eigenvalue weighted by Crippen LogP contribution is -2.58. The lowest BCUT2D eigenvalue weighted by molar-refractivity contribution is -0.181. The molecule has 0 spiro atoms. The molecule has 2 aliphatic carbocycles. The molecule has 2 fully saturated rings. The van der Waals surface area contributed by atoms with Crippen LogP contribution < -0.4 is 0 Å². The van der Waals surface area contributed by atoms with Crippen LogP contribution in [0.4, 0.5) is 0 Å². The molecule has 7 heteroatoms. The highest BCUT2D eigenvalue weighted by atomic mass is 16.4. The van der Waals surface area contributed by atoms with Crippen molar-refractivity contribution in [3.05, 3.63) is 0 Å². The monoisotopic (exact) mass is 250 g/mol. The standard InChI is InChI=1S/C10H18O7/c11-1-2-3-4(7(14)9(16)5(2)12)8(15)10(17)6(3)13/h2-17H,1H2/t2-,3-,4-,5-,6-,7+,8-,9-,10+/m1/s1. The Morgan fingerprint density at radius 3 is 1.41 bits per heavy atom. The topological polar surface area (TPSA) is 142 Å². The molecular formula is C10H18O7. The molecule has 100 valence electrons. The van der Waals surface area contributed by atoms with Crippen molar-refractivity contribution in [2.45, 2.75) is 36.6 Å². The lowest BCUT2D eigenvalue weighted by atomic mass is 9.68. The summed E-state index contributed by atoms with van der Waals surface area (Å²) in [4.78, 5) is 0. The zero-order valence-corrected chi connectivity index (χ0v) is 9.03. The summed E-state index contributed by atoms with van der Waals surface area (Å²) < 4.78 is 0. The third-order valence-corrected chi connectivity index (χ3v) is 4.17. The highest BCUT2D eigenvalue weighted by Gasteiger charge is 2.60. The highest BCUT2D eigenvalue weighted by Crippen LogP contribution is 2.46. The fourth-order valence-corrected chi connectivity index (χ4v) is 3.22. The molecule has 0 bridgehead atoms. The minimum atomic E-state index is -1.51. The average Bonchev–Trinajstić information content (AvgIpc) is 2.53. The zero-order chi connectivity index (χ0) is 12.9. The first-order chi connectivity index (χ1) is 7.91. The van der Waals surface area contributed by atoms with Crippen LogP contribution in [0.3, 0.4) is 0 Å². The van der Waals surface area contributed by atoms with Gasteiger partial charge in [-0.25, -0.2) is 0 Å². The summed E-state index contributed by atoms with van der Waals surface area (Å²) in [6.45, 7) is -0.511. The molecule has 7 nitrogen and oxygen atoms in total. The second-order valence-corrected chi connectivity index (χ2v) is 4.94. The van der Waals surface area contributed by atoms with E-state index in [1.54, 1.807) is 0 Å². The quantitative estimate of drug-likeness (QED) is 0.251. The minimum absolute atomic E-state index is 0.511. The molecule has 0 saturated heterocycles. The van der Waals surface area contributed by atoms with Crippen LogP contribution in [0.15, 0.2) is 0 Å². The van der Waals surface area contributed by atoms with E-state index in [1.807, 2.05) is 0 Å². The van der Waals surface area contributed by atoms with Gasteiger partial charge >= 0.3 is 0 Å². The molecule has 0 unspecified atom stereocenters. The molecular weight excluding hydrogens is 232 g/mol. The summed E-state index contributed by atoms with van der Waals surface area (Å²) >= 11 is 0. The van der Waals surface area contributed by atoms with Gasteiger partial charge in [0.2, 0.25) is 0 Å². The third-order valence-electron chi connectivity index (χ3n) is 4.17. The van der Waals surface area contributed by atoms with Crippen molar-refractivity contribution in [1.82, 2.24) is 0 Å². The van der Waals surface area contributed by atoms with Gasteiger partial charge in [0.15, 0.2) is 0 Å². The van der Waals surface area contributed by atoms with Gasteiger partial charge in [0.1, 0.15) is 12.2 Å². The number of aliphatic hydroxyl groups is 7. The second kappa shape index (κ2) is 4.43. The predicted molar refractivity (Wildman–Crippen MR) is 53.6 cm³/mol. The molecule has 17 heavy (non-hydrogen) atoms. The van der Waals surface area contributed by atoms with Gasteiger partial charge in [-0.2, -0.15) is 0 Å². The van der Waals surface area contributed by atoms with Crippen molar-refractivity contribution in [3.63, 3.8) is 0 Å². The summed E-state index contributed by atoms with van der Waals surface area (Å²) in [7, 11) is 0. The molecule has 0 aromatic rings. The van der Waals surface area contributed by atoms with E-state index in [0.717, 1.165) is 0 Å². The molecule has 0 aliphatic heterocycles. The van der Waals surface area contributed by atoms with Gasteiger partial charge < -0.3 is 35.7 Å². The Labute approximate surface area is 97.6 Å². The molecule has 0 heterocycles. The molecule has 7 N–H and O–H groups in total. The second-order valence-electron chi connectivity index (χ2n) is 4.94. The van der Waals surface area contributed by atoms with Gasteiger partial charge in [-0.1, -0.05) is 0 Å². The number of hydrogen-bond donors (Lipinski definition) is 7. The summed E-state index contributed by atoms with van der Waals surface area (Å²) in [5.74, 6) is -2.70. The Balaban J connectivity index is 2.35. The van der Waals surface area contributed by atoms with Gasteiger partial charge in [0.05, 0.1) is 24.4 Å². The van der Waals surface area contributed by atoms with Gasteiger partial charge in [-0.05, 0) is 0 Å². The number of aliphatic hydroxyl groups excluding tert-OH is 7. The van der Waals surface area contributed by atoms with Crippen LogP contribution in [0, 0.1) is 17.8 Å². The van der Waals surface area contributed by atoms with Crippen LogP contribution in [-0.2, 0) is 0 Å². The van der Waals surface area contributed by atoms with E-state index in [9.17, 15) is 35.7 Å². The molecule has 2 rings (SSSR count). The molecule has 0 radical (unpaired) electrons. The van der Waals surface area contributed by atoms with E-state index < -0.39 is 61.0 Å². The Hall–Kier alpha value is -0.280. The van der Waals surface area contributed by atoms with Gasteiger partial charge in [-0.15, -0.1) is 0 Å². The smallest absolute Gasteiger partial charge is 0.106 e. The first kappa shape index (κ1) is 13.2. The van der Waals surface area contributed by atoms with Crippen molar-refractivity contribution < 1.29 is 35.7 Å². The van der Waals surface area contributed by atoms with Crippen LogP contribution in [0.25, 0.3) is 0 Å². The van der Waals surface area contributed by atoms with Gasteiger partial charge in [-0.3, -0.25) is 0 Å². The number of hydrogen-bond acceptors (Lipinski definition) is 7. The third kappa shape index (κ3) is 1.70. The van der Waals surface area contributed by atoms with Crippen molar-refractivity contribution in [1.29, 1.82) is 0 Å². The number of fused-ring (bicyclic) bond motifs is 1. The predicted octanol–water partition coefficient (Wildman–Crippen LogP) is -3.98. The molecule has 0 amide bonds. The van der Waals surface area contributed by atoms with Crippen molar-refractivity contribution in [3.8, 4) is 0 Å². The van der Waals surface area contributed by atoms with E-state index in [-0.39, 0.29) is 0 Å². The first-order valence-electron chi connectivity index (χ1n) is 5.61. The van der Waals surface area contributed by atoms with Crippen LogP contribution >= 0.6 is 0 Å². The van der Waals surface area contributed by atoms with E-state index in [2.05, 4.69) is 0 Å². The van der Waals surface area contributed by atoms with Crippen LogP contribution in [0.2, 0.25) is 0 Å². The average molecular weight is 250 g/mol. The Kier molecular flexibility index (Phi) is 3.43. The van der Waals surface area contributed by atoms with Gasteiger partial charge in [0.25, 0.3) is 0 Å². The summed E-state index contributed by atoms with van der Waals surface area (Å²) in [5, 5.41) is 67.3.